The van der Waals surface area contributed by atoms with Crippen molar-refractivity contribution < 1.29 is 0 Å². The molecule has 0 aromatic heterocycles. The minimum absolute atomic E-state index is 0.813. The van der Waals surface area contributed by atoms with E-state index in [1.54, 1.807) is 9.76 Å². The maximum atomic E-state index is 1.65. The van der Waals surface area contributed by atoms with Crippen molar-refractivity contribution >= 4 is 34.7 Å². The highest BCUT2D eigenvalue weighted by Gasteiger charge is 1.55. The fraction of sp³-hybridized carbons (Fsp3) is 0. The molecule has 0 aromatic carbocycles. The Morgan fingerprint density at radius 1 is 1.75 bits per heavy atom. The van der Waals surface area contributed by atoms with Crippen LogP contribution in [0, 0.1) is 0 Å². The third-order valence-corrected chi connectivity index (χ3v) is 0. The summed E-state index contributed by atoms with van der Waals surface area (Å²) in [5.41, 5.74) is 0. The Labute approximate surface area is 35.4 Å². The summed E-state index contributed by atoms with van der Waals surface area (Å²) in [6, 6.07) is 0. The SMILES string of the molecule is [BH3-][SiH2][SiH2][SiH3]. The standard InChI is InChI=1S/BH10Si3/c1-3-4-2/h3-4H2,1-2H3/q-1. The van der Waals surface area contributed by atoms with E-state index in [1.807, 2.05) is 0 Å². The van der Waals surface area contributed by atoms with Gasteiger partial charge in [-0.15, -0.1) is 8.91 Å². The summed E-state index contributed by atoms with van der Waals surface area (Å²) >= 11 is 0. The maximum absolute atomic E-state index is 1.65. The number of hydrogen-bond acceptors (Lipinski definition) is 0. The molecular weight excluding hydrogens is 95.1 g/mol. The molecule has 0 heterocycles. The Kier molecular flexibility index (Phi) is 4.38. The first-order valence-electron chi connectivity index (χ1n) is 1.21. The lowest BCUT2D eigenvalue weighted by Gasteiger charge is -1.69. The van der Waals surface area contributed by atoms with Crippen molar-refractivity contribution in [3.63, 3.8) is 0 Å². The molecule has 4 heavy (non-hydrogen) atoms. The van der Waals surface area contributed by atoms with Crippen molar-refractivity contribution in [2.24, 2.45) is 0 Å². The fourth-order valence-electron chi connectivity index (χ4n) is 0. The molecule has 0 nitrogen and oxygen atoms in total. The molecule has 0 saturated heterocycles. The summed E-state index contributed by atoms with van der Waals surface area (Å²) in [5, 5.41) is 0. The topological polar surface area (TPSA) is 0 Å². The van der Waals surface area contributed by atoms with Crippen molar-refractivity contribution in [3.05, 3.63) is 0 Å². The molecule has 0 rings (SSSR count). The van der Waals surface area contributed by atoms with Crippen LogP contribution in [0.15, 0.2) is 0 Å². The van der Waals surface area contributed by atoms with Crippen molar-refractivity contribution in [2.45, 2.75) is 0 Å². The zero-order valence-electron chi connectivity index (χ0n) is 2.41. The molecule has 0 N–H and O–H groups in total. The van der Waals surface area contributed by atoms with E-state index in [1.165, 1.54) is 0 Å². The third-order valence-electron chi connectivity index (χ3n) is 0. The first-order valence-corrected chi connectivity index (χ1v) is 10.9. The highest BCUT2D eigenvalue weighted by Crippen LogP contribution is 1.24. The molecule has 0 aliphatic heterocycles. The van der Waals surface area contributed by atoms with E-state index in [4.69, 9.17) is 0 Å². The van der Waals surface area contributed by atoms with Gasteiger partial charge in [-0.25, -0.2) is 0 Å². The van der Waals surface area contributed by atoms with Gasteiger partial charge in [-0.1, -0.05) is 7.44 Å². The maximum Gasteiger partial charge on any atom is -0.0147 e. The van der Waals surface area contributed by atoms with Crippen LogP contribution in [0.3, 0.4) is 0 Å². The number of hydrogen-bond donors (Lipinski definition) is 0. The van der Waals surface area contributed by atoms with Crippen LogP contribution in [-0.4, -0.2) is 34.7 Å². The van der Waals surface area contributed by atoms with Gasteiger partial charge in [-0.3, -0.25) is 0 Å². The third kappa shape index (κ3) is 2.72. The van der Waals surface area contributed by atoms with E-state index in [0.29, 0.717) is 0 Å². The summed E-state index contributed by atoms with van der Waals surface area (Å²) < 4.78 is 0. The van der Waals surface area contributed by atoms with E-state index in [-0.39, 0.29) is 0 Å². The summed E-state index contributed by atoms with van der Waals surface area (Å²) in [6.45, 7) is 0. The van der Waals surface area contributed by atoms with Crippen molar-refractivity contribution in [2.75, 3.05) is 0 Å². The molecule has 4 heteroatoms. The molecule has 0 aromatic rings. The van der Waals surface area contributed by atoms with Crippen molar-refractivity contribution in [1.29, 1.82) is 0 Å². The smallest absolute Gasteiger partial charge is 0.0147 e. The Balaban J connectivity index is 1.97. The van der Waals surface area contributed by atoms with Gasteiger partial charge in [0.1, 0.15) is 0 Å². The van der Waals surface area contributed by atoms with Gasteiger partial charge in [0, 0.05) is 0 Å². The van der Waals surface area contributed by atoms with Crippen LogP contribution >= 0.6 is 0 Å². The highest BCUT2D eigenvalue weighted by atomic mass is 29.5. The fourth-order valence-corrected chi connectivity index (χ4v) is 0. The zero-order valence-corrected chi connectivity index (χ0v) is 7.24. The normalized spacial score (nSPS) is 14.2. The average Bonchev–Trinajstić information content (AvgIpc) is 1.37. The summed E-state index contributed by atoms with van der Waals surface area (Å²) in [4.78, 5) is 0. The van der Waals surface area contributed by atoms with Crippen LogP contribution in [-0.2, 0) is 0 Å². The van der Waals surface area contributed by atoms with Gasteiger partial charge in [0.25, 0.3) is 0 Å². The van der Waals surface area contributed by atoms with Gasteiger partial charge < -0.3 is 0 Å². The second-order valence-electron chi connectivity index (χ2n) is 0.500. The predicted molar refractivity (Wildman–Crippen MR) is 37.0 cm³/mol. The Morgan fingerprint density at radius 3 is 2.00 bits per heavy atom. The quantitative estimate of drug-likeness (QED) is 0.297. The minimum atomic E-state index is 0.813. The predicted octanol–water partition coefficient (Wildman–Crippen LogP) is -4.20. The molecule has 0 saturated carbocycles. The molecule has 0 amide bonds. The van der Waals surface area contributed by atoms with Crippen molar-refractivity contribution in [3.8, 4) is 0 Å². The molecule has 0 aliphatic rings. The molecule has 0 spiro atoms. The van der Waals surface area contributed by atoms with Crippen LogP contribution in [0.25, 0.3) is 0 Å². The summed E-state index contributed by atoms with van der Waals surface area (Å²) in [5.74, 6) is 0. The lowest BCUT2D eigenvalue weighted by atomic mass is 10.8. The molecule has 0 atom stereocenters. The lowest BCUT2D eigenvalue weighted by molar-refractivity contribution is 4.14. The van der Waals surface area contributed by atoms with Gasteiger partial charge in [0.05, 0.1) is 0 Å². The van der Waals surface area contributed by atoms with Crippen LogP contribution in [0.1, 0.15) is 0 Å². The van der Waals surface area contributed by atoms with Crippen molar-refractivity contribution in [1.82, 2.24) is 0 Å². The average molecular weight is 105 g/mol. The minimum Gasteiger partial charge on any atom is -0.143 e. The lowest BCUT2D eigenvalue weighted by Crippen LogP contribution is -2.00. The molecule has 0 radical (unpaired) electrons. The first-order chi connectivity index (χ1) is 1.91. The summed E-state index contributed by atoms with van der Waals surface area (Å²) in [7, 11) is 4.33. The monoisotopic (exact) mass is 105 g/mol. The summed E-state index contributed by atoms with van der Waals surface area (Å²) in [6.07, 6.45) is 0. The molecule has 0 fully saturated rings. The Bertz CT molecular complexity index is 5.25. The van der Waals surface area contributed by atoms with Gasteiger partial charge in [0.2, 0.25) is 0 Å². The molecular formula is H10BSi3-. The van der Waals surface area contributed by atoms with E-state index < -0.39 is 0 Å². The van der Waals surface area contributed by atoms with Crippen LogP contribution in [0.5, 0.6) is 0 Å². The van der Waals surface area contributed by atoms with Gasteiger partial charge in [-0.2, -0.15) is 0 Å². The number of rotatable bonds is 1. The second kappa shape index (κ2) is 3.72. The van der Waals surface area contributed by atoms with Gasteiger partial charge in [-0.05, 0) is 18.3 Å². The van der Waals surface area contributed by atoms with Crippen LogP contribution in [0.4, 0.5) is 0 Å². The zero-order chi connectivity index (χ0) is 3.41. The van der Waals surface area contributed by atoms with E-state index >= 15 is 0 Å². The molecule has 26 valence electrons. The van der Waals surface area contributed by atoms with Gasteiger partial charge >= 0.3 is 0 Å². The van der Waals surface area contributed by atoms with E-state index in [0.717, 1.165) is 24.9 Å². The largest absolute Gasteiger partial charge is 0.143 e. The Hall–Kier alpha value is 0.716. The Morgan fingerprint density at radius 2 is 2.00 bits per heavy atom. The second-order valence-corrected chi connectivity index (χ2v) is 13.5. The van der Waals surface area contributed by atoms with Crippen LogP contribution in [0.2, 0.25) is 0 Å². The van der Waals surface area contributed by atoms with Gasteiger partial charge in [0.15, 0.2) is 0 Å². The first kappa shape index (κ1) is 4.72. The molecule has 0 bridgehead atoms. The van der Waals surface area contributed by atoms with E-state index in [9.17, 15) is 0 Å². The molecule has 0 aliphatic carbocycles. The van der Waals surface area contributed by atoms with Crippen LogP contribution < -0.4 is 0 Å². The highest BCUT2D eigenvalue weighted by molar-refractivity contribution is 7.37. The molecule has 0 unspecified atom stereocenters. The van der Waals surface area contributed by atoms with E-state index in [2.05, 4.69) is 0 Å².